The van der Waals surface area contributed by atoms with Gasteiger partial charge in [0.05, 0.1) is 24.4 Å². The third kappa shape index (κ3) is 5.09. The number of amidine groups is 2. The molecule has 2 aromatic carbocycles. The van der Waals surface area contributed by atoms with Crippen molar-refractivity contribution in [1.82, 2.24) is 10.2 Å². The number of rotatable bonds is 7. The van der Waals surface area contributed by atoms with E-state index in [1.54, 1.807) is 11.3 Å². The molecule has 2 aliphatic heterocycles. The smallest absolute Gasteiger partial charge is 0.259 e. The highest BCUT2D eigenvalue weighted by Crippen LogP contribution is 2.34. The van der Waals surface area contributed by atoms with Gasteiger partial charge in [-0.3, -0.25) is 19.4 Å². The van der Waals surface area contributed by atoms with E-state index in [0.29, 0.717) is 23.2 Å². The number of fused-ring (bicyclic) bond motifs is 3. The predicted molar refractivity (Wildman–Crippen MR) is 144 cm³/mol. The highest BCUT2D eigenvalue weighted by Gasteiger charge is 2.42. The van der Waals surface area contributed by atoms with E-state index in [-0.39, 0.29) is 29.9 Å². The van der Waals surface area contributed by atoms with Gasteiger partial charge in [-0.1, -0.05) is 48.2 Å². The van der Waals surface area contributed by atoms with Crippen LogP contribution in [0.4, 0.5) is 11.4 Å². The molecular weight excluding hydrogens is 494 g/mol. The Morgan fingerprint density at radius 2 is 1.86 bits per heavy atom. The Morgan fingerprint density at radius 1 is 1.06 bits per heavy atom. The molecule has 0 radical (unpaired) electrons. The van der Waals surface area contributed by atoms with Crippen LogP contribution in [0, 0.1) is 6.92 Å². The molecule has 3 heterocycles. The Hall–Kier alpha value is -3.76. The minimum Gasteiger partial charge on any atom is -0.351 e. The number of thiophene rings is 1. The zero-order valence-corrected chi connectivity index (χ0v) is 21.1. The number of hydrogen-bond acceptors (Lipinski definition) is 7. The predicted octanol–water partition coefficient (Wildman–Crippen LogP) is 4.09. The molecule has 2 aliphatic rings. The number of carbonyl (C=O) groups excluding carboxylic acids is 3. The second kappa shape index (κ2) is 10.5. The van der Waals surface area contributed by atoms with Crippen LogP contribution < -0.4 is 10.6 Å². The first-order chi connectivity index (χ1) is 17.5. The number of nitrogens with zero attached hydrogens (tertiary/aromatic N) is 3. The second-order valence-corrected chi connectivity index (χ2v) is 10.2. The largest absolute Gasteiger partial charge is 0.351 e. The number of nitrogens with one attached hydrogen (secondary N) is 2. The molecule has 0 fully saturated rings. The average molecular weight is 518 g/mol. The van der Waals surface area contributed by atoms with Crippen LogP contribution in [0.15, 0.2) is 76.0 Å². The number of carbonyl (C=O) groups is 3. The van der Waals surface area contributed by atoms with Gasteiger partial charge in [-0.2, -0.15) is 0 Å². The molecule has 0 saturated heterocycles. The van der Waals surface area contributed by atoms with Gasteiger partial charge in [-0.15, -0.1) is 11.3 Å². The molecule has 0 aliphatic carbocycles. The number of anilines is 1. The maximum Gasteiger partial charge on any atom is 0.259 e. The lowest BCUT2D eigenvalue weighted by molar-refractivity contribution is -0.128. The summed E-state index contributed by atoms with van der Waals surface area (Å²) in [4.78, 5) is 50.3. The molecule has 1 atom stereocenters. The normalized spacial score (nSPS) is 16.1. The molecule has 10 heteroatoms. The monoisotopic (exact) mass is 517 g/mol. The molecule has 8 nitrogen and oxygen atoms in total. The molecular formula is C26H23N5O3S2. The van der Waals surface area contributed by atoms with Crippen LogP contribution in [0.25, 0.3) is 0 Å². The molecule has 182 valence electrons. The molecule has 3 aromatic rings. The summed E-state index contributed by atoms with van der Waals surface area (Å²) in [5.74, 6) is -0.244. The summed E-state index contributed by atoms with van der Waals surface area (Å²) >= 11 is 2.72. The molecule has 0 spiro atoms. The minimum absolute atomic E-state index is 0.0574. The number of thioether (sulfide) groups is 1. The number of hydrogen-bond donors (Lipinski definition) is 2. The third-order valence-electron chi connectivity index (χ3n) is 5.72. The molecule has 0 saturated carbocycles. The van der Waals surface area contributed by atoms with Gasteiger partial charge in [-0.25, -0.2) is 9.89 Å². The lowest BCUT2D eigenvalue weighted by Gasteiger charge is -2.25. The molecule has 1 aromatic heterocycles. The van der Waals surface area contributed by atoms with E-state index in [1.807, 2.05) is 73.0 Å². The Kier molecular flexibility index (Phi) is 6.97. The van der Waals surface area contributed by atoms with Crippen LogP contribution >= 0.6 is 23.1 Å². The van der Waals surface area contributed by atoms with Gasteiger partial charge < -0.3 is 10.6 Å². The van der Waals surface area contributed by atoms with Crippen LogP contribution in [-0.2, 0) is 20.9 Å². The first-order valence-corrected chi connectivity index (χ1v) is 13.2. The molecule has 0 bridgehead atoms. The summed E-state index contributed by atoms with van der Waals surface area (Å²) in [6, 6.07) is 18.0. The fraction of sp³-hybridized carbons (Fsp3) is 0.192. The van der Waals surface area contributed by atoms with Gasteiger partial charge in [0.1, 0.15) is 11.9 Å². The summed E-state index contributed by atoms with van der Waals surface area (Å²) in [5.41, 5.74) is 3.10. The average Bonchev–Trinajstić information content (AvgIpc) is 3.51. The Morgan fingerprint density at radius 3 is 2.67 bits per heavy atom. The second-order valence-electron chi connectivity index (χ2n) is 8.27. The molecule has 36 heavy (non-hydrogen) atoms. The van der Waals surface area contributed by atoms with Crippen molar-refractivity contribution in [2.75, 3.05) is 11.1 Å². The number of para-hydroxylation sites is 2. The van der Waals surface area contributed by atoms with Crippen LogP contribution in [0.3, 0.4) is 0 Å². The van der Waals surface area contributed by atoms with Crippen molar-refractivity contribution >= 4 is 63.2 Å². The molecule has 3 amide bonds. The fourth-order valence-electron chi connectivity index (χ4n) is 3.91. The van der Waals surface area contributed by atoms with E-state index in [9.17, 15) is 14.4 Å². The van der Waals surface area contributed by atoms with Crippen LogP contribution in [0.2, 0.25) is 0 Å². The van der Waals surface area contributed by atoms with Gasteiger partial charge in [0.2, 0.25) is 11.8 Å². The van der Waals surface area contributed by atoms with Crippen molar-refractivity contribution in [2.45, 2.75) is 25.9 Å². The fourth-order valence-corrected chi connectivity index (χ4v) is 5.35. The third-order valence-corrected chi connectivity index (χ3v) is 7.53. The number of aliphatic imine (C=N–C) groups is 2. The highest BCUT2D eigenvalue weighted by molar-refractivity contribution is 8.14. The quantitative estimate of drug-likeness (QED) is 0.493. The van der Waals surface area contributed by atoms with E-state index in [0.717, 1.165) is 21.7 Å². The van der Waals surface area contributed by atoms with E-state index in [4.69, 9.17) is 0 Å². The van der Waals surface area contributed by atoms with Crippen LogP contribution in [-0.4, -0.2) is 45.4 Å². The maximum absolute atomic E-state index is 13.3. The standard InChI is InChI=1S/C26H23N5O3S2/c1-16-7-2-4-10-19(16)28-23(33)15-36-26-30-20-11-5-3-9-18(20)24-29-21(25(34)31(24)26)13-22(32)27-14-17-8-6-12-35-17/h2-12,21H,13-15H2,1H3,(H,27,32)(H,28,33). The van der Waals surface area contributed by atoms with Crippen molar-refractivity contribution in [3.8, 4) is 0 Å². The zero-order chi connectivity index (χ0) is 25.1. The minimum atomic E-state index is -0.846. The number of amides is 3. The van der Waals surface area contributed by atoms with Crippen molar-refractivity contribution in [3.63, 3.8) is 0 Å². The van der Waals surface area contributed by atoms with Crippen LogP contribution in [0.5, 0.6) is 0 Å². The van der Waals surface area contributed by atoms with E-state index >= 15 is 0 Å². The summed E-state index contributed by atoms with van der Waals surface area (Å²) in [6.45, 7) is 2.34. The van der Waals surface area contributed by atoms with Gasteiger partial charge in [0, 0.05) is 16.1 Å². The van der Waals surface area contributed by atoms with E-state index in [1.165, 1.54) is 16.7 Å². The molecule has 1 unspecified atom stereocenters. The topological polar surface area (TPSA) is 103 Å². The molecule has 5 rings (SSSR count). The van der Waals surface area contributed by atoms with Crippen molar-refractivity contribution < 1.29 is 14.4 Å². The first kappa shape index (κ1) is 24.0. The SMILES string of the molecule is Cc1ccccc1NC(=O)CSC1=Nc2ccccc2C2=NC(CC(=O)NCc3cccs3)C(=O)N12. The summed E-state index contributed by atoms with van der Waals surface area (Å²) in [5, 5.41) is 8.08. The van der Waals surface area contributed by atoms with Gasteiger partial charge in [0.15, 0.2) is 5.17 Å². The first-order valence-electron chi connectivity index (χ1n) is 11.4. The zero-order valence-electron chi connectivity index (χ0n) is 19.4. The van der Waals surface area contributed by atoms with Gasteiger partial charge in [0.25, 0.3) is 5.91 Å². The lowest BCUT2D eigenvalue weighted by Crippen LogP contribution is -2.42. The number of benzene rings is 2. The number of aryl methyl sites for hydroxylation is 1. The van der Waals surface area contributed by atoms with E-state index in [2.05, 4.69) is 20.6 Å². The Bertz CT molecular complexity index is 1380. The van der Waals surface area contributed by atoms with Gasteiger partial charge >= 0.3 is 0 Å². The van der Waals surface area contributed by atoms with Gasteiger partial charge in [-0.05, 0) is 42.1 Å². The van der Waals surface area contributed by atoms with Crippen molar-refractivity contribution in [3.05, 3.63) is 82.0 Å². The summed E-state index contributed by atoms with van der Waals surface area (Å²) in [7, 11) is 0. The van der Waals surface area contributed by atoms with E-state index < -0.39 is 6.04 Å². The Labute approximate surface area is 216 Å². The lowest BCUT2D eigenvalue weighted by atomic mass is 10.1. The van der Waals surface area contributed by atoms with Crippen molar-refractivity contribution in [2.24, 2.45) is 9.98 Å². The van der Waals surface area contributed by atoms with Crippen molar-refractivity contribution in [1.29, 1.82) is 0 Å². The maximum atomic E-state index is 13.3. The Balaban J connectivity index is 1.30. The summed E-state index contributed by atoms with van der Waals surface area (Å²) in [6.07, 6.45) is -0.0574. The highest BCUT2D eigenvalue weighted by atomic mass is 32.2. The van der Waals surface area contributed by atoms with Crippen LogP contribution in [0.1, 0.15) is 22.4 Å². The molecule has 2 N–H and O–H groups in total. The summed E-state index contributed by atoms with van der Waals surface area (Å²) < 4.78 is 0.